The van der Waals surface area contributed by atoms with Crippen molar-refractivity contribution in [3.8, 4) is 0 Å². The molecule has 1 nitrogen and oxygen atoms in total. The maximum Gasteiger partial charge on any atom is 0.200 e. The summed E-state index contributed by atoms with van der Waals surface area (Å²) in [5.41, 5.74) is 1.80. The Morgan fingerprint density at radius 3 is 1.67 bits per heavy atom. The second-order valence-electron chi connectivity index (χ2n) is 3.69. The number of hydrogen-bond donors (Lipinski definition) is 0. The van der Waals surface area contributed by atoms with E-state index in [0.717, 1.165) is 18.3 Å². The highest BCUT2D eigenvalue weighted by molar-refractivity contribution is 14.1. The fourth-order valence-electron chi connectivity index (χ4n) is 1.53. The average molecular weight is 460 g/mol. The van der Waals surface area contributed by atoms with Gasteiger partial charge in [0.2, 0.25) is 0 Å². The lowest BCUT2D eigenvalue weighted by Gasteiger charge is -2.04. The summed E-state index contributed by atoms with van der Waals surface area (Å²) in [4.78, 5) is 12.3. The third-order valence-electron chi connectivity index (χ3n) is 2.46. The Bertz CT molecular complexity index is 574. The number of carbonyl (C=O) groups is 1. The van der Waals surface area contributed by atoms with E-state index >= 15 is 0 Å². The molecule has 2 aromatic carbocycles. The van der Waals surface area contributed by atoms with Gasteiger partial charge in [0.25, 0.3) is 0 Å². The summed E-state index contributed by atoms with van der Waals surface area (Å²) < 4.78 is 1.74. The van der Waals surface area contributed by atoms with Crippen LogP contribution in [-0.2, 0) is 0 Å². The molecule has 0 aliphatic rings. The number of Topliss-reactive ketones (excluding diaryl/α,β-unsaturated/α-hetero) is 1. The molecule has 0 N–H and O–H groups in total. The van der Waals surface area contributed by atoms with Gasteiger partial charge in [-0.3, -0.25) is 4.79 Å². The molecule has 0 amide bonds. The molecule has 0 heterocycles. The van der Waals surface area contributed by atoms with Gasteiger partial charge in [0, 0.05) is 9.14 Å². The van der Waals surface area contributed by atoms with E-state index in [1.165, 1.54) is 0 Å². The van der Waals surface area contributed by atoms with E-state index in [4.69, 9.17) is 0 Å². The highest BCUT2D eigenvalue weighted by atomic mass is 127. The van der Waals surface area contributed by atoms with Gasteiger partial charge in [-0.05, 0) is 50.7 Å². The SMILES string of the molecule is O=C(/C(I)=C(\I)c1ccccc1)c1ccccc1. The Balaban J connectivity index is 2.37. The first kappa shape index (κ1) is 13.7. The van der Waals surface area contributed by atoms with Crippen molar-refractivity contribution < 1.29 is 4.79 Å². The molecular weight excluding hydrogens is 450 g/mol. The van der Waals surface area contributed by atoms with Gasteiger partial charge >= 0.3 is 0 Å². The number of ketones is 1. The van der Waals surface area contributed by atoms with E-state index < -0.39 is 0 Å². The van der Waals surface area contributed by atoms with E-state index in [0.29, 0.717) is 0 Å². The summed E-state index contributed by atoms with van der Waals surface area (Å²) in [5, 5.41) is 0. The number of carbonyl (C=O) groups excluding carboxylic acids is 1. The van der Waals surface area contributed by atoms with Crippen LogP contribution in [0.5, 0.6) is 0 Å². The summed E-state index contributed by atoms with van der Waals surface area (Å²) in [6.45, 7) is 0. The van der Waals surface area contributed by atoms with Crippen molar-refractivity contribution in [2.45, 2.75) is 0 Å². The van der Waals surface area contributed by atoms with Gasteiger partial charge in [-0.15, -0.1) is 0 Å². The summed E-state index contributed by atoms with van der Waals surface area (Å²) in [5.74, 6) is 0.0736. The van der Waals surface area contributed by atoms with E-state index in [1.54, 1.807) is 0 Å². The van der Waals surface area contributed by atoms with Crippen LogP contribution in [0, 0.1) is 0 Å². The first-order valence-electron chi connectivity index (χ1n) is 5.40. The number of hydrogen-bond acceptors (Lipinski definition) is 1. The van der Waals surface area contributed by atoms with Crippen LogP contribution in [0.25, 0.3) is 3.58 Å². The van der Waals surface area contributed by atoms with E-state index in [9.17, 15) is 4.79 Å². The second kappa shape index (κ2) is 6.47. The molecule has 0 unspecified atom stereocenters. The molecule has 0 atom stereocenters. The zero-order valence-corrected chi connectivity index (χ0v) is 13.8. The number of halogens is 2. The van der Waals surface area contributed by atoms with Gasteiger partial charge in [0.05, 0.1) is 3.58 Å². The van der Waals surface area contributed by atoms with Crippen molar-refractivity contribution in [1.82, 2.24) is 0 Å². The van der Waals surface area contributed by atoms with Crippen molar-refractivity contribution in [3.05, 3.63) is 75.4 Å². The zero-order chi connectivity index (χ0) is 13.0. The maximum absolute atomic E-state index is 12.3. The summed E-state index contributed by atoms with van der Waals surface area (Å²) in [6, 6.07) is 19.3. The van der Waals surface area contributed by atoms with Crippen LogP contribution in [0.15, 0.2) is 64.2 Å². The van der Waals surface area contributed by atoms with Crippen molar-refractivity contribution in [2.24, 2.45) is 0 Å². The second-order valence-corrected chi connectivity index (χ2v) is 5.85. The normalized spacial score (nSPS) is 11.9. The number of benzene rings is 2. The van der Waals surface area contributed by atoms with Crippen LogP contribution in [0.4, 0.5) is 0 Å². The molecule has 2 aromatic rings. The predicted octanol–water partition coefficient (Wildman–Crippen LogP) is 5.11. The van der Waals surface area contributed by atoms with Crippen LogP contribution in [0.3, 0.4) is 0 Å². The molecular formula is C15H10I2O. The lowest BCUT2D eigenvalue weighted by molar-refractivity contribution is 0.104. The fourth-order valence-corrected chi connectivity index (χ4v) is 2.75. The van der Waals surface area contributed by atoms with Crippen LogP contribution < -0.4 is 0 Å². The number of allylic oxidation sites excluding steroid dienone is 1. The van der Waals surface area contributed by atoms with Crippen molar-refractivity contribution in [2.75, 3.05) is 0 Å². The topological polar surface area (TPSA) is 17.1 Å². The van der Waals surface area contributed by atoms with Gasteiger partial charge in [0.1, 0.15) is 0 Å². The van der Waals surface area contributed by atoms with Gasteiger partial charge in [-0.1, -0.05) is 60.7 Å². The standard InChI is InChI=1S/C15H10I2O/c16-13(11-7-3-1-4-8-11)14(17)15(18)12-9-5-2-6-10-12/h1-10H/b14-13+. The Labute approximate surface area is 134 Å². The third-order valence-corrected chi connectivity index (χ3v) is 5.68. The highest BCUT2D eigenvalue weighted by Crippen LogP contribution is 2.31. The quantitative estimate of drug-likeness (QED) is 0.354. The molecule has 0 saturated heterocycles. The Kier molecular flexibility index (Phi) is 4.94. The molecule has 0 fully saturated rings. The minimum Gasteiger partial charge on any atom is -0.288 e. The summed E-state index contributed by atoms with van der Waals surface area (Å²) >= 11 is 4.35. The zero-order valence-electron chi connectivity index (χ0n) is 9.44. The van der Waals surface area contributed by atoms with Crippen LogP contribution in [0.1, 0.15) is 15.9 Å². The Hall–Kier alpha value is -0.690. The van der Waals surface area contributed by atoms with Gasteiger partial charge in [0.15, 0.2) is 5.78 Å². The van der Waals surface area contributed by atoms with E-state index in [1.807, 2.05) is 60.7 Å². The van der Waals surface area contributed by atoms with Crippen LogP contribution in [0.2, 0.25) is 0 Å². The Morgan fingerprint density at radius 1 is 0.722 bits per heavy atom. The number of rotatable bonds is 3. The lowest BCUT2D eigenvalue weighted by atomic mass is 10.1. The molecule has 0 aliphatic carbocycles. The van der Waals surface area contributed by atoms with Crippen LogP contribution in [-0.4, -0.2) is 5.78 Å². The molecule has 90 valence electrons. The smallest absolute Gasteiger partial charge is 0.200 e. The minimum atomic E-state index is 0.0736. The molecule has 3 heteroatoms. The molecule has 18 heavy (non-hydrogen) atoms. The van der Waals surface area contributed by atoms with Crippen molar-refractivity contribution in [3.63, 3.8) is 0 Å². The molecule has 0 aromatic heterocycles. The lowest BCUT2D eigenvalue weighted by Crippen LogP contribution is -1.99. The van der Waals surface area contributed by atoms with Crippen molar-refractivity contribution in [1.29, 1.82) is 0 Å². The van der Waals surface area contributed by atoms with E-state index in [-0.39, 0.29) is 5.78 Å². The summed E-state index contributed by atoms with van der Waals surface area (Å²) in [7, 11) is 0. The minimum absolute atomic E-state index is 0.0736. The Morgan fingerprint density at radius 2 is 1.17 bits per heavy atom. The first-order chi connectivity index (χ1) is 8.70. The average Bonchev–Trinajstić information content (AvgIpc) is 2.47. The van der Waals surface area contributed by atoms with Crippen molar-refractivity contribution >= 4 is 54.5 Å². The third kappa shape index (κ3) is 3.20. The first-order valence-corrected chi connectivity index (χ1v) is 7.56. The van der Waals surface area contributed by atoms with Gasteiger partial charge in [-0.2, -0.15) is 0 Å². The molecule has 0 saturated carbocycles. The molecule has 0 aliphatic heterocycles. The molecule has 2 rings (SSSR count). The van der Waals surface area contributed by atoms with Gasteiger partial charge in [-0.25, -0.2) is 0 Å². The molecule has 0 spiro atoms. The van der Waals surface area contributed by atoms with Crippen LogP contribution >= 0.6 is 45.2 Å². The maximum atomic E-state index is 12.3. The monoisotopic (exact) mass is 460 g/mol. The summed E-state index contributed by atoms with van der Waals surface area (Å²) in [6.07, 6.45) is 0. The van der Waals surface area contributed by atoms with Gasteiger partial charge < -0.3 is 0 Å². The van der Waals surface area contributed by atoms with E-state index in [2.05, 4.69) is 45.2 Å². The molecule has 0 bridgehead atoms. The fraction of sp³-hybridized carbons (Fsp3) is 0. The highest BCUT2D eigenvalue weighted by Gasteiger charge is 2.13. The largest absolute Gasteiger partial charge is 0.288 e. The molecule has 0 radical (unpaired) electrons. The predicted molar refractivity (Wildman–Crippen MR) is 92.2 cm³/mol.